The number of carbonyl (C=O) groups excluding carboxylic acids is 1. The Morgan fingerprint density at radius 2 is 0.967 bits per heavy atom. The zero-order valence-electron chi connectivity index (χ0n) is 18.6. The van der Waals surface area contributed by atoms with Crippen molar-refractivity contribution in [3.05, 3.63) is 0 Å². The van der Waals surface area contributed by atoms with Gasteiger partial charge < -0.3 is 33.2 Å². The second kappa shape index (κ2) is 27.0. The molecule has 0 aromatic rings. The fraction of sp³-hybridized carbons (Fsp3) is 0.952. The number of hydrogen-bond acceptors (Lipinski definition) is 8. The maximum absolute atomic E-state index is 11.5. The molecule has 0 fully saturated rings. The predicted octanol–water partition coefficient (Wildman–Crippen LogP) is 3.03. The summed E-state index contributed by atoms with van der Waals surface area (Å²) in [6.45, 7) is 9.01. The lowest BCUT2D eigenvalue weighted by atomic mass is 10.2. The van der Waals surface area contributed by atoms with Crippen LogP contribution in [0.5, 0.6) is 0 Å². The Kier molecular flexibility index (Phi) is 27.0. The van der Waals surface area contributed by atoms with Crippen molar-refractivity contribution in [3.8, 4) is 0 Å². The fourth-order valence-electron chi connectivity index (χ4n) is 2.24. The van der Waals surface area contributed by atoms with Gasteiger partial charge >= 0.3 is 5.97 Å². The summed E-state index contributed by atoms with van der Waals surface area (Å²) < 4.78 is 38.4. The lowest BCUT2D eigenvalue weighted by molar-refractivity contribution is -0.145. The van der Waals surface area contributed by atoms with Crippen LogP contribution in [0, 0.1) is 0 Å². The molecule has 9 heteroatoms. The molecule has 0 aromatic carbocycles. The number of alkyl halides is 1. The van der Waals surface area contributed by atoms with Crippen molar-refractivity contribution in [1.82, 2.24) is 0 Å². The lowest BCUT2D eigenvalue weighted by Gasteiger charge is -2.08. The van der Waals surface area contributed by atoms with Crippen LogP contribution in [0.1, 0.15) is 39.0 Å². The normalized spacial score (nSPS) is 11.1. The Morgan fingerprint density at radius 3 is 1.37 bits per heavy atom. The minimum absolute atomic E-state index is 0.142. The Balaban J connectivity index is 3.07. The fourth-order valence-corrected chi connectivity index (χ4v) is 2.55. The maximum atomic E-state index is 11.5. The molecule has 0 radical (unpaired) electrons. The highest BCUT2D eigenvalue weighted by atomic mass is 127. The molecule has 0 aliphatic rings. The second-order valence-electron chi connectivity index (χ2n) is 6.39. The van der Waals surface area contributed by atoms with Crippen LogP contribution in [0.4, 0.5) is 0 Å². The molecule has 0 N–H and O–H groups in total. The molecule has 0 saturated heterocycles. The Morgan fingerprint density at radius 1 is 0.567 bits per heavy atom. The van der Waals surface area contributed by atoms with Gasteiger partial charge in [-0.25, -0.2) is 0 Å². The highest BCUT2D eigenvalue weighted by molar-refractivity contribution is 14.1. The minimum atomic E-state index is -0.142. The third-order valence-electron chi connectivity index (χ3n) is 3.81. The topological polar surface area (TPSA) is 81.7 Å². The molecule has 0 saturated carbocycles. The number of unbranched alkanes of at least 4 members (excludes halogenated alkanes) is 3. The van der Waals surface area contributed by atoms with E-state index >= 15 is 0 Å². The van der Waals surface area contributed by atoms with Crippen molar-refractivity contribution in [2.24, 2.45) is 0 Å². The van der Waals surface area contributed by atoms with Gasteiger partial charge in [0.2, 0.25) is 0 Å². The van der Waals surface area contributed by atoms with Crippen molar-refractivity contribution in [1.29, 1.82) is 0 Å². The van der Waals surface area contributed by atoms with E-state index < -0.39 is 0 Å². The molecule has 0 aliphatic carbocycles. The number of rotatable bonds is 25. The standard InChI is InChI=1S/C21H41IO8/c1-2-3-4-5-6-21(23)30-20-19-29-18-17-28-16-15-27-14-13-26-12-11-25-10-9-24-8-7-22/h2-20H2,1H3. The van der Waals surface area contributed by atoms with Gasteiger partial charge in [-0.05, 0) is 6.42 Å². The van der Waals surface area contributed by atoms with Gasteiger partial charge in [-0.3, -0.25) is 4.79 Å². The zero-order chi connectivity index (χ0) is 22.0. The lowest BCUT2D eigenvalue weighted by Crippen LogP contribution is -2.15. The molecule has 0 rings (SSSR count). The van der Waals surface area contributed by atoms with Crippen molar-refractivity contribution in [3.63, 3.8) is 0 Å². The molecule has 0 amide bonds. The number of halogens is 1. The molecule has 0 aliphatic heterocycles. The quantitative estimate of drug-likeness (QED) is 0.0746. The summed E-state index contributed by atoms with van der Waals surface area (Å²) in [5.74, 6) is -0.142. The highest BCUT2D eigenvalue weighted by Gasteiger charge is 2.02. The van der Waals surface area contributed by atoms with E-state index in [-0.39, 0.29) is 5.97 Å². The van der Waals surface area contributed by atoms with Crippen LogP contribution in [0.15, 0.2) is 0 Å². The van der Waals surface area contributed by atoms with Crippen molar-refractivity contribution in [2.75, 3.05) is 90.3 Å². The van der Waals surface area contributed by atoms with E-state index in [2.05, 4.69) is 29.5 Å². The summed E-state index contributed by atoms with van der Waals surface area (Å²) in [7, 11) is 0. The van der Waals surface area contributed by atoms with Crippen molar-refractivity contribution >= 4 is 28.6 Å². The van der Waals surface area contributed by atoms with Crippen LogP contribution >= 0.6 is 22.6 Å². The predicted molar refractivity (Wildman–Crippen MR) is 124 cm³/mol. The molecule has 0 atom stereocenters. The van der Waals surface area contributed by atoms with Gasteiger partial charge in [-0.15, -0.1) is 0 Å². The summed E-state index contributed by atoms with van der Waals surface area (Å²) in [6.07, 6.45) is 4.81. The van der Waals surface area contributed by atoms with Gasteiger partial charge in [0, 0.05) is 10.8 Å². The summed E-state index contributed by atoms with van der Waals surface area (Å²) in [4.78, 5) is 11.5. The third-order valence-corrected chi connectivity index (χ3v) is 4.25. The van der Waals surface area contributed by atoms with Crippen molar-refractivity contribution < 1.29 is 38.0 Å². The molecule has 180 valence electrons. The van der Waals surface area contributed by atoms with Gasteiger partial charge in [0.1, 0.15) is 6.61 Å². The second-order valence-corrected chi connectivity index (χ2v) is 7.47. The Bertz CT molecular complexity index is 347. The van der Waals surface area contributed by atoms with Gasteiger partial charge in [0.25, 0.3) is 0 Å². The van der Waals surface area contributed by atoms with Gasteiger partial charge in [-0.1, -0.05) is 48.8 Å². The molecular weight excluding hydrogens is 507 g/mol. The van der Waals surface area contributed by atoms with Crippen LogP contribution in [-0.2, 0) is 38.0 Å². The van der Waals surface area contributed by atoms with E-state index in [0.717, 1.165) is 30.3 Å². The van der Waals surface area contributed by atoms with E-state index in [1.165, 1.54) is 6.42 Å². The monoisotopic (exact) mass is 548 g/mol. The van der Waals surface area contributed by atoms with E-state index in [1.807, 2.05) is 0 Å². The van der Waals surface area contributed by atoms with Crippen LogP contribution in [0.25, 0.3) is 0 Å². The highest BCUT2D eigenvalue weighted by Crippen LogP contribution is 2.03. The first-order valence-electron chi connectivity index (χ1n) is 11.0. The van der Waals surface area contributed by atoms with E-state index in [1.54, 1.807) is 0 Å². The van der Waals surface area contributed by atoms with Crippen LogP contribution < -0.4 is 0 Å². The molecule has 0 bridgehead atoms. The molecule has 8 nitrogen and oxygen atoms in total. The molecular formula is C21H41IO8. The first-order valence-corrected chi connectivity index (χ1v) is 12.5. The average molecular weight is 548 g/mol. The number of ether oxygens (including phenoxy) is 7. The first kappa shape index (κ1) is 30.0. The van der Waals surface area contributed by atoms with Gasteiger partial charge in [-0.2, -0.15) is 0 Å². The molecule has 0 unspecified atom stereocenters. The molecule has 0 spiro atoms. The minimum Gasteiger partial charge on any atom is -0.463 e. The first-order chi connectivity index (χ1) is 14.8. The number of esters is 1. The molecule has 30 heavy (non-hydrogen) atoms. The summed E-state index contributed by atoms with van der Waals surface area (Å²) >= 11 is 2.27. The van der Waals surface area contributed by atoms with Crippen molar-refractivity contribution in [2.45, 2.75) is 39.0 Å². The van der Waals surface area contributed by atoms with Crippen LogP contribution in [0.2, 0.25) is 0 Å². The zero-order valence-corrected chi connectivity index (χ0v) is 20.7. The molecule has 0 heterocycles. The van der Waals surface area contributed by atoms with E-state index in [9.17, 15) is 4.79 Å². The number of hydrogen-bond donors (Lipinski definition) is 0. The van der Waals surface area contributed by atoms with Crippen LogP contribution in [0.3, 0.4) is 0 Å². The Labute approximate surface area is 195 Å². The smallest absolute Gasteiger partial charge is 0.305 e. The summed E-state index contributed by atoms with van der Waals surface area (Å²) in [5.41, 5.74) is 0. The largest absolute Gasteiger partial charge is 0.463 e. The van der Waals surface area contributed by atoms with Gasteiger partial charge in [0.05, 0.1) is 79.3 Å². The number of carbonyl (C=O) groups is 1. The third kappa shape index (κ3) is 26.0. The average Bonchev–Trinajstić information content (AvgIpc) is 2.75. The maximum Gasteiger partial charge on any atom is 0.305 e. The SMILES string of the molecule is CCCCCCC(=O)OCCOCCOCCOCCOCCOCCOCCI. The van der Waals surface area contributed by atoms with E-state index in [4.69, 9.17) is 33.2 Å². The summed E-state index contributed by atoms with van der Waals surface area (Å²) in [5, 5.41) is 0. The van der Waals surface area contributed by atoms with Gasteiger partial charge in [0.15, 0.2) is 0 Å². The Hall–Kier alpha value is -0.0400. The summed E-state index contributed by atoms with van der Waals surface area (Å²) in [6, 6.07) is 0. The van der Waals surface area contributed by atoms with Crippen LogP contribution in [-0.4, -0.2) is 96.3 Å². The molecule has 0 aromatic heterocycles. The van der Waals surface area contributed by atoms with E-state index in [0.29, 0.717) is 85.7 Å².